The maximum atomic E-state index is 13.3. The Balaban J connectivity index is 1.58. The van der Waals surface area contributed by atoms with Gasteiger partial charge in [-0.2, -0.15) is 0 Å². The molecule has 3 fully saturated rings. The van der Waals surface area contributed by atoms with Crippen molar-refractivity contribution < 1.29 is 4.79 Å². The molecule has 2 aliphatic heterocycles. The summed E-state index contributed by atoms with van der Waals surface area (Å²) in [5, 5.41) is 0. The summed E-state index contributed by atoms with van der Waals surface area (Å²) in [4.78, 5) is 35.8. The molecule has 0 atom stereocenters. The van der Waals surface area contributed by atoms with Gasteiger partial charge in [-0.05, 0) is 43.9 Å². The molecule has 3 aliphatic rings. The van der Waals surface area contributed by atoms with Gasteiger partial charge < -0.3 is 4.90 Å². The summed E-state index contributed by atoms with van der Waals surface area (Å²) in [6.45, 7) is 1.75. The van der Waals surface area contributed by atoms with E-state index in [1.165, 1.54) is 18.2 Å². The van der Waals surface area contributed by atoms with Crippen LogP contribution in [0.3, 0.4) is 0 Å². The molecule has 0 spiro atoms. The Morgan fingerprint density at radius 1 is 1.07 bits per heavy atom. The third-order valence-corrected chi connectivity index (χ3v) is 7.52. The summed E-state index contributed by atoms with van der Waals surface area (Å²) in [5.41, 5.74) is 0.950. The number of thioether (sulfide) groups is 1. The Morgan fingerprint density at radius 3 is 2.60 bits per heavy atom. The Kier molecular flexibility index (Phi) is 5.37. The fourth-order valence-corrected chi connectivity index (χ4v) is 6.03. The normalized spacial score (nSPS) is 22.1. The molecule has 5 rings (SSSR count). The molecule has 0 radical (unpaired) electrons. The van der Waals surface area contributed by atoms with Gasteiger partial charge in [0.15, 0.2) is 0 Å². The summed E-state index contributed by atoms with van der Waals surface area (Å²) in [5.74, 6) is 0.605. The van der Waals surface area contributed by atoms with Crippen LogP contribution in [0.25, 0.3) is 11.7 Å². The van der Waals surface area contributed by atoms with Gasteiger partial charge in [-0.25, -0.2) is 4.98 Å². The molecule has 2 saturated heterocycles. The zero-order valence-electron chi connectivity index (χ0n) is 16.7. The molecule has 0 N–H and O–H groups in total. The van der Waals surface area contributed by atoms with E-state index >= 15 is 0 Å². The van der Waals surface area contributed by atoms with Crippen molar-refractivity contribution in [2.24, 2.45) is 0 Å². The Hall–Kier alpha value is -2.19. The van der Waals surface area contributed by atoms with E-state index in [1.807, 2.05) is 18.2 Å². The molecular formula is C22H24N4O2S2. The van der Waals surface area contributed by atoms with Gasteiger partial charge in [0, 0.05) is 25.3 Å². The number of fused-ring (bicyclic) bond motifs is 1. The van der Waals surface area contributed by atoms with Crippen LogP contribution in [0, 0.1) is 0 Å². The zero-order valence-corrected chi connectivity index (χ0v) is 18.4. The van der Waals surface area contributed by atoms with Gasteiger partial charge in [-0.1, -0.05) is 49.3 Å². The number of hydrogen-bond acceptors (Lipinski definition) is 6. The maximum absolute atomic E-state index is 13.3. The second kappa shape index (κ2) is 8.15. The highest BCUT2D eigenvalue weighted by molar-refractivity contribution is 8.26. The molecule has 1 amide bonds. The quantitative estimate of drug-likeness (QED) is 0.534. The highest BCUT2D eigenvalue weighted by Gasteiger charge is 2.38. The molecule has 4 heterocycles. The van der Waals surface area contributed by atoms with E-state index < -0.39 is 0 Å². The van der Waals surface area contributed by atoms with Crippen LogP contribution in [-0.2, 0) is 4.79 Å². The number of hydrogen-bond donors (Lipinski definition) is 0. The first kappa shape index (κ1) is 19.8. The second-order valence-electron chi connectivity index (χ2n) is 8.12. The number of anilines is 1. The van der Waals surface area contributed by atoms with Crippen molar-refractivity contribution in [3.8, 4) is 0 Å². The smallest absolute Gasteiger partial charge is 0.267 e. The summed E-state index contributed by atoms with van der Waals surface area (Å²) in [6, 6.07) is 5.72. The first-order chi connectivity index (χ1) is 14.6. The van der Waals surface area contributed by atoms with Gasteiger partial charge in [0.1, 0.15) is 15.8 Å². The maximum Gasteiger partial charge on any atom is 0.267 e. The zero-order chi connectivity index (χ0) is 20.7. The number of carbonyl (C=O) groups excluding carboxylic acids is 1. The molecule has 30 heavy (non-hydrogen) atoms. The fraction of sp³-hybridized carbons (Fsp3) is 0.455. The molecule has 0 unspecified atom stereocenters. The number of carbonyl (C=O) groups is 1. The van der Waals surface area contributed by atoms with E-state index in [9.17, 15) is 9.59 Å². The first-order valence-electron chi connectivity index (χ1n) is 10.7. The Bertz CT molecular complexity index is 1100. The number of pyridine rings is 1. The van der Waals surface area contributed by atoms with Crippen LogP contribution >= 0.6 is 24.0 Å². The van der Waals surface area contributed by atoms with Crippen LogP contribution in [0.5, 0.6) is 0 Å². The summed E-state index contributed by atoms with van der Waals surface area (Å²) < 4.78 is 2.16. The molecule has 1 saturated carbocycles. The van der Waals surface area contributed by atoms with Crippen LogP contribution in [-0.4, -0.2) is 43.6 Å². The topological polar surface area (TPSA) is 57.9 Å². The monoisotopic (exact) mass is 440 g/mol. The summed E-state index contributed by atoms with van der Waals surface area (Å²) in [6.07, 6.45) is 11.1. The van der Waals surface area contributed by atoms with Crippen LogP contribution < -0.4 is 10.5 Å². The third-order valence-electron chi connectivity index (χ3n) is 6.19. The number of amides is 1. The lowest BCUT2D eigenvalue weighted by molar-refractivity contribution is -0.124. The van der Waals surface area contributed by atoms with Crippen molar-refractivity contribution in [1.82, 2.24) is 14.3 Å². The minimum absolute atomic E-state index is 0.0677. The minimum atomic E-state index is -0.148. The molecule has 0 bridgehead atoms. The van der Waals surface area contributed by atoms with Crippen molar-refractivity contribution in [3.05, 3.63) is 45.2 Å². The molecule has 156 valence electrons. The number of rotatable bonds is 3. The largest absolute Gasteiger partial charge is 0.356 e. The van der Waals surface area contributed by atoms with Gasteiger partial charge in [0.05, 0.1) is 10.5 Å². The molecule has 2 aromatic heterocycles. The predicted octanol–water partition coefficient (Wildman–Crippen LogP) is 3.83. The molecule has 2 aromatic rings. The van der Waals surface area contributed by atoms with Gasteiger partial charge in [0.25, 0.3) is 11.5 Å². The average molecular weight is 441 g/mol. The van der Waals surface area contributed by atoms with Gasteiger partial charge in [-0.3, -0.25) is 18.9 Å². The minimum Gasteiger partial charge on any atom is -0.356 e. The van der Waals surface area contributed by atoms with Crippen molar-refractivity contribution in [2.75, 3.05) is 18.0 Å². The van der Waals surface area contributed by atoms with Crippen LogP contribution in [0.2, 0.25) is 0 Å². The number of aromatic nitrogens is 2. The highest BCUT2D eigenvalue weighted by Crippen LogP contribution is 2.38. The van der Waals surface area contributed by atoms with E-state index in [2.05, 4.69) is 4.90 Å². The van der Waals surface area contributed by atoms with Crippen LogP contribution in [0.15, 0.2) is 34.1 Å². The molecule has 0 aromatic carbocycles. The lowest BCUT2D eigenvalue weighted by Gasteiger charge is -2.29. The van der Waals surface area contributed by atoms with Crippen LogP contribution in [0.4, 0.5) is 5.82 Å². The van der Waals surface area contributed by atoms with Gasteiger partial charge >= 0.3 is 0 Å². The van der Waals surface area contributed by atoms with Crippen molar-refractivity contribution >= 4 is 51.7 Å². The summed E-state index contributed by atoms with van der Waals surface area (Å²) in [7, 11) is 0. The summed E-state index contributed by atoms with van der Waals surface area (Å²) >= 11 is 6.87. The van der Waals surface area contributed by atoms with E-state index in [0.29, 0.717) is 26.3 Å². The van der Waals surface area contributed by atoms with E-state index in [1.54, 1.807) is 21.6 Å². The third kappa shape index (κ3) is 3.46. The van der Waals surface area contributed by atoms with Gasteiger partial charge in [0.2, 0.25) is 0 Å². The average Bonchev–Trinajstić information content (AvgIpc) is 3.39. The van der Waals surface area contributed by atoms with Gasteiger partial charge in [-0.15, -0.1) is 0 Å². The van der Waals surface area contributed by atoms with Crippen molar-refractivity contribution in [3.63, 3.8) is 0 Å². The van der Waals surface area contributed by atoms with E-state index in [0.717, 1.165) is 51.6 Å². The Labute approximate surface area is 185 Å². The molecule has 6 nitrogen and oxygen atoms in total. The fourth-order valence-electron chi connectivity index (χ4n) is 4.65. The number of nitrogens with zero attached hydrogens (tertiary/aromatic N) is 4. The SMILES string of the molecule is O=C1/C(=C\c2c(N3CCCC3)nc3ccccn3c2=O)SC(=S)N1C1CCCCC1. The standard InChI is InChI=1S/C22H24N4O2S2/c27-20-16(14-17-21(28)26(22(29)30-17)15-8-2-1-3-9-15)19(24-11-6-7-12-24)23-18-10-4-5-13-25(18)20/h4-5,10,13-15H,1-3,6-9,11-12H2/b17-14+. The van der Waals surface area contributed by atoms with E-state index in [-0.39, 0.29) is 17.5 Å². The van der Waals surface area contributed by atoms with E-state index in [4.69, 9.17) is 17.2 Å². The second-order valence-corrected chi connectivity index (χ2v) is 9.80. The lowest BCUT2D eigenvalue weighted by Crippen LogP contribution is -2.39. The molecular weight excluding hydrogens is 416 g/mol. The lowest BCUT2D eigenvalue weighted by atomic mass is 9.94. The van der Waals surface area contributed by atoms with Crippen molar-refractivity contribution in [2.45, 2.75) is 51.0 Å². The number of thiocarbonyl (C=S) groups is 1. The molecule has 1 aliphatic carbocycles. The Morgan fingerprint density at radius 2 is 1.83 bits per heavy atom. The van der Waals surface area contributed by atoms with Crippen LogP contribution in [0.1, 0.15) is 50.5 Å². The van der Waals surface area contributed by atoms with Crippen molar-refractivity contribution in [1.29, 1.82) is 0 Å². The highest BCUT2D eigenvalue weighted by atomic mass is 32.2. The first-order valence-corrected chi connectivity index (χ1v) is 11.9. The molecule has 8 heteroatoms. The predicted molar refractivity (Wildman–Crippen MR) is 125 cm³/mol.